The van der Waals surface area contributed by atoms with E-state index < -0.39 is 11.7 Å². The molecule has 0 N–H and O–H groups in total. The molecule has 0 radical (unpaired) electrons. The van der Waals surface area contributed by atoms with Gasteiger partial charge in [0.25, 0.3) is 0 Å². The second-order valence-electron chi connectivity index (χ2n) is 3.64. The average molecular weight is 218 g/mol. The molecule has 0 heterocycles. The lowest BCUT2D eigenvalue weighted by atomic mass is 10.1. The molecule has 84 valence electrons. The number of hydrogen-bond acceptors (Lipinski definition) is 1. The van der Waals surface area contributed by atoms with Crippen LogP contribution in [-0.2, 0) is 6.18 Å². The first-order chi connectivity index (χ1) is 6.80. The number of aryl methyl sites for hydroxylation is 1. The molecule has 0 fully saturated rings. The Hall–Kier alpha value is -1.19. The van der Waals surface area contributed by atoms with Gasteiger partial charge in [0.05, 0.1) is 11.7 Å². The van der Waals surface area contributed by atoms with Gasteiger partial charge in [-0.05, 0) is 38.5 Å². The fourth-order valence-electron chi connectivity index (χ4n) is 1.25. The van der Waals surface area contributed by atoms with Crippen LogP contribution in [0.2, 0.25) is 0 Å². The van der Waals surface area contributed by atoms with Crippen LogP contribution in [0.3, 0.4) is 0 Å². The summed E-state index contributed by atoms with van der Waals surface area (Å²) in [6, 6.07) is 4.00. The maximum absolute atomic E-state index is 12.5. The van der Waals surface area contributed by atoms with E-state index in [0.29, 0.717) is 0 Å². The topological polar surface area (TPSA) is 9.23 Å². The zero-order valence-electron chi connectivity index (χ0n) is 8.85. The summed E-state index contributed by atoms with van der Waals surface area (Å²) in [6.45, 7) is 4.97. The molecule has 1 nitrogen and oxygen atoms in total. The Balaban J connectivity index is 3.06. The third-order valence-corrected chi connectivity index (χ3v) is 1.89. The predicted molar refractivity (Wildman–Crippen MR) is 51.9 cm³/mol. The minimum absolute atomic E-state index is 0.131. The quantitative estimate of drug-likeness (QED) is 0.733. The van der Waals surface area contributed by atoms with Crippen LogP contribution in [0.1, 0.15) is 25.0 Å². The van der Waals surface area contributed by atoms with Gasteiger partial charge >= 0.3 is 6.18 Å². The largest absolute Gasteiger partial charge is 0.491 e. The lowest BCUT2D eigenvalue weighted by Crippen LogP contribution is -2.10. The van der Waals surface area contributed by atoms with E-state index in [0.717, 1.165) is 6.07 Å². The molecule has 0 aliphatic heterocycles. The van der Waals surface area contributed by atoms with Gasteiger partial charge in [0.2, 0.25) is 0 Å². The molecule has 1 rings (SSSR count). The van der Waals surface area contributed by atoms with Crippen molar-refractivity contribution in [1.82, 2.24) is 0 Å². The van der Waals surface area contributed by atoms with Crippen molar-refractivity contribution in [3.8, 4) is 5.75 Å². The van der Waals surface area contributed by atoms with Gasteiger partial charge in [-0.25, -0.2) is 0 Å². The van der Waals surface area contributed by atoms with Crippen molar-refractivity contribution in [1.29, 1.82) is 0 Å². The monoisotopic (exact) mass is 218 g/mol. The zero-order valence-corrected chi connectivity index (χ0v) is 8.85. The van der Waals surface area contributed by atoms with Crippen LogP contribution in [-0.4, -0.2) is 6.10 Å². The number of ether oxygens (including phenoxy) is 1. The van der Waals surface area contributed by atoms with Crippen molar-refractivity contribution >= 4 is 0 Å². The van der Waals surface area contributed by atoms with Crippen molar-refractivity contribution in [3.05, 3.63) is 29.3 Å². The van der Waals surface area contributed by atoms with Gasteiger partial charge in [-0.3, -0.25) is 0 Å². The van der Waals surface area contributed by atoms with Gasteiger partial charge in [0.1, 0.15) is 5.75 Å². The molecular formula is C11H13F3O. The Morgan fingerprint density at radius 2 is 1.80 bits per heavy atom. The molecule has 0 saturated heterocycles. The van der Waals surface area contributed by atoms with Gasteiger partial charge in [-0.1, -0.05) is 6.07 Å². The maximum atomic E-state index is 12.5. The zero-order chi connectivity index (χ0) is 11.6. The minimum atomic E-state index is -4.32. The van der Waals surface area contributed by atoms with Gasteiger partial charge in [-0.15, -0.1) is 0 Å². The van der Waals surface area contributed by atoms with E-state index in [1.165, 1.54) is 13.0 Å². The molecule has 0 unspecified atom stereocenters. The van der Waals surface area contributed by atoms with Crippen LogP contribution in [0.4, 0.5) is 13.2 Å². The van der Waals surface area contributed by atoms with E-state index in [2.05, 4.69) is 0 Å². The molecule has 1 aromatic rings. The fourth-order valence-corrected chi connectivity index (χ4v) is 1.25. The SMILES string of the molecule is Cc1ccc(OC(C)C)cc1C(F)(F)F. The van der Waals surface area contributed by atoms with Gasteiger partial charge in [0, 0.05) is 0 Å². The number of benzene rings is 1. The highest BCUT2D eigenvalue weighted by Crippen LogP contribution is 2.34. The van der Waals surface area contributed by atoms with Crippen molar-refractivity contribution in [2.24, 2.45) is 0 Å². The summed E-state index contributed by atoms with van der Waals surface area (Å²) in [6.07, 6.45) is -4.45. The van der Waals surface area contributed by atoms with E-state index in [1.807, 2.05) is 0 Å². The lowest BCUT2D eigenvalue weighted by molar-refractivity contribution is -0.138. The summed E-state index contributed by atoms with van der Waals surface area (Å²) in [7, 11) is 0. The van der Waals surface area contributed by atoms with E-state index in [9.17, 15) is 13.2 Å². The Morgan fingerprint density at radius 1 is 1.20 bits per heavy atom. The van der Waals surface area contributed by atoms with Crippen LogP contribution < -0.4 is 4.74 Å². The number of halogens is 3. The average Bonchev–Trinajstić information content (AvgIpc) is 2.05. The van der Waals surface area contributed by atoms with Gasteiger partial charge in [0.15, 0.2) is 0 Å². The lowest BCUT2D eigenvalue weighted by Gasteiger charge is -2.14. The molecule has 0 saturated carbocycles. The maximum Gasteiger partial charge on any atom is 0.416 e. The van der Waals surface area contributed by atoms with Crippen LogP contribution in [0.25, 0.3) is 0 Å². The molecule has 1 aromatic carbocycles. The predicted octanol–water partition coefficient (Wildman–Crippen LogP) is 3.80. The van der Waals surface area contributed by atoms with Gasteiger partial charge < -0.3 is 4.74 Å². The van der Waals surface area contributed by atoms with Crippen molar-refractivity contribution < 1.29 is 17.9 Å². The van der Waals surface area contributed by atoms with Crippen molar-refractivity contribution in [3.63, 3.8) is 0 Å². The summed E-state index contributed by atoms with van der Waals surface area (Å²) in [4.78, 5) is 0. The van der Waals surface area contributed by atoms with E-state index >= 15 is 0 Å². The second-order valence-corrected chi connectivity index (χ2v) is 3.64. The molecule has 0 bridgehead atoms. The van der Waals surface area contributed by atoms with Crippen LogP contribution in [0, 0.1) is 6.92 Å². The van der Waals surface area contributed by atoms with Crippen molar-refractivity contribution in [2.75, 3.05) is 0 Å². The highest BCUT2D eigenvalue weighted by atomic mass is 19.4. The summed E-state index contributed by atoms with van der Waals surface area (Å²) < 4.78 is 42.7. The van der Waals surface area contributed by atoms with Crippen LogP contribution in [0.5, 0.6) is 5.75 Å². The summed E-state index contributed by atoms with van der Waals surface area (Å²) in [5.74, 6) is 0.253. The molecular weight excluding hydrogens is 205 g/mol. The molecule has 0 atom stereocenters. The first kappa shape index (κ1) is 11.9. The summed E-state index contributed by atoms with van der Waals surface area (Å²) >= 11 is 0. The highest BCUT2D eigenvalue weighted by Gasteiger charge is 2.32. The molecule has 0 spiro atoms. The Bertz CT molecular complexity index is 342. The summed E-state index contributed by atoms with van der Waals surface area (Å²) in [5.41, 5.74) is -0.431. The normalized spacial score (nSPS) is 11.9. The summed E-state index contributed by atoms with van der Waals surface area (Å²) in [5, 5.41) is 0. The van der Waals surface area contributed by atoms with Crippen LogP contribution >= 0.6 is 0 Å². The first-order valence-electron chi connectivity index (χ1n) is 4.65. The van der Waals surface area contributed by atoms with E-state index in [4.69, 9.17) is 4.74 Å². The molecule has 4 heteroatoms. The second kappa shape index (κ2) is 4.13. The van der Waals surface area contributed by atoms with E-state index in [1.54, 1.807) is 19.9 Å². The smallest absolute Gasteiger partial charge is 0.416 e. The minimum Gasteiger partial charge on any atom is -0.491 e. The third-order valence-electron chi connectivity index (χ3n) is 1.89. The standard InChI is InChI=1S/C11H13F3O/c1-7(2)15-9-5-4-8(3)10(6-9)11(12,13)14/h4-7H,1-3H3. The Labute approximate surface area is 86.9 Å². The molecule has 0 amide bonds. The highest BCUT2D eigenvalue weighted by molar-refractivity contribution is 5.36. The van der Waals surface area contributed by atoms with Crippen molar-refractivity contribution in [2.45, 2.75) is 33.1 Å². The number of hydrogen-bond donors (Lipinski definition) is 0. The molecule has 15 heavy (non-hydrogen) atoms. The van der Waals surface area contributed by atoms with E-state index in [-0.39, 0.29) is 17.4 Å². The molecule has 0 aliphatic rings. The molecule has 0 aromatic heterocycles. The first-order valence-corrected chi connectivity index (χ1v) is 4.65. The fraction of sp³-hybridized carbons (Fsp3) is 0.455. The number of rotatable bonds is 2. The van der Waals surface area contributed by atoms with Gasteiger partial charge in [-0.2, -0.15) is 13.2 Å². The number of alkyl halides is 3. The Morgan fingerprint density at radius 3 is 2.27 bits per heavy atom. The Kier molecular flexibility index (Phi) is 3.27. The van der Waals surface area contributed by atoms with Crippen LogP contribution in [0.15, 0.2) is 18.2 Å². The third kappa shape index (κ3) is 3.15. The molecule has 0 aliphatic carbocycles.